The number of nitrogens with zero attached hydrogens (tertiary/aromatic N) is 3. The predicted octanol–water partition coefficient (Wildman–Crippen LogP) is -1.65. The predicted molar refractivity (Wildman–Crippen MR) is 73.2 cm³/mol. The van der Waals surface area contributed by atoms with Crippen molar-refractivity contribution in [3.63, 3.8) is 0 Å². The third-order valence-electron chi connectivity index (χ3n) is 3.82. The van der Waals surface area contributed by atoms with Gasteiger partial charge in [0, 0.05) is 19.0 Å². The first-order valence-electron chi connectivity index (χ1n) is 6.58. The molecule has 0 amide bonds. The average molecular weight is 308 g/mol. The molecule has 1 aromatic heterocycles. The molecule has 1 aliphatic carbocycles. The van der Waals surface area contributed by atoms with E-state index >= 15 is 0 Å². The number of hydrogen-bond donors (Lipinski definition) is 3. The number of nitrogens with two attached hydrogens (primary N) is 1. The number of aliphatic hydroxyl groups is 2. The van der Waals surface area contributed by atoms with Crippen molar-refractivity contribution in [2.75, 3.05) is 12.3 Å². The molecule has 0 aliphatic heterocycles. The molecule has 2 rings (SSSR count). The zero-order chi connectivity index (χ0) is 16.5. The Balaban J connectivity index is 2.40. The summed E-state index contributed by atoms with van der Waals surface area (Å²) in [6.07, 6.45) is -1.66. The molecule has 1 saturated carbocycles. The van der Waals surface area contributed by atoms with Crippen LogP contribution >= 0.6 is 0 Å². The molecule has 4 N–H and O–H groups in total. The first-order chi connectivity index (χ1) is 10.3. The number of nitriles is 1. The molecule has 118 valence electrons. The van der Waals surface area contributed by atoms with Crippen molar-refractivity contribution in [3.05, 3.63) is 22.7 Å². The van der Waals surface area contributed by atoms with E-state index in [0.29, 0.717) is 0 Å². The number of aliphatic hydroxyl groups excluding tert-OH is 2. The molecule has 3 unspecified atom stereocenters. The third kappa shape index (κ3) is 2.54. The number of carbonyl (C=O) groups excluding carboxylic acids is 1. The van der Waals surface area contributed by atoms with E-state index < -0.39 is 35.3 Å². The van der Waals surface area contributed by atoms with Crippen LogP contribution in [0.25, 0.3) is 0 Å². The summed E-state index contributed by atoms with van der Waals surface area (Å²) in [5.41, 5.74) is 2.91. The molecule has 22 heavy (non-hydrogen) atoms. The van der Waals surface area contributed by atoms with Crippen molar-refractivity contribution in [1.29, 1.82) is 5.26 Å². The molecule has 1 aliphatic rings. The van der Waals surface area contributed by atoms with Crippen LogP contribution in [0.1, 0.15) is 13.3 Å². The molecule has 0 bridgehead atoms. The second-order valence-electron chi connectivity index (χ2n) is 5.24. The van der Waals surface area contributed by atoms with Crippen molar-refractivity contribution >= 4 is 11.8 Å². The lowest BCUT2D eigenvalue weighted by atomic mass is 9.95. The summed E-state index contributed by atoms with van der Waals surface area (Å²) >= 11 is 0. The second-order valence-corrected chi connectivity index (χ2v) is 5.24. The molecule has 9 nitrogen and oxygen atoms in total. The number of hydrogen-bond acceptors (Lipinski definition) is 8. The van der Waals surface area contributed by atoms with Crippen LogP contribution in [-0.2, 0) is 15.1 Å². The maximum absolute atomic E-state index is 12.0. The highest BCUT2D eigenvalue weighted by atomic mass is 16.5. The van der Waals surface area contributed by atoms with Gasteiger partial charge in [0.1, 0.15) is 11.9 Å². The fourth-order valence-corrected chi connectivity index (χ4v) is 2.69. The summed E-state index contributed by atoms with van der Waals surface area (Å²) < 4.78 is 5.77. The number of rotatable bonds is 3. The van der Waals surface area contributed by atoms with Gasteiger partial charge in [0.15, 0.2) is 5.54 Å². The van der Waals surface area contributed by atoms with Gasteiger partial charge in [-0.3, -0.25) is 9.36 Å². The van der Waals surface area contributed by atoms with Gasteiger partial charge in [-0.2, -0.15) is 10.2 Å². The lowest BCUT2D eigenvalue weighted by molar-refractivity contribution is -0.143. The Morgan fingerprint density at radius 3 is 2.91 bits per heavy atom. The molecule has 1 heterocycles. The Labute approximate surface area is 125 Å². The van der Waals surface area contributed by atoms with Crippen LogP contribution in [0.15, 0.2) is 17.1 Å². The van der Waals surface area contributed by atoms with E-state index in [9.17, 15) is 25.1 Å². The van der Waals surface area contributed by atoms with Crippen LogP contribution in [0.2, 0.25) is 0 Å². The lowest BCUT2D eigenvalue weighted by Gasteiger charge is -2.27. The Bertz CT molecular complexity index is 682. The summed E-state index contributed by atoms with van der Waals surface area (Å²) in [5.74, 6) is -1.23. The standard InChI is InChI=1S/C13H16N4O5/c1-7(18)22-5-8-4-13(6-14,11(20)10(8)19)17-3-2-9(15)16-12(17)21/h2-3,8,10-11,19-20H,4-5H2,1H3,(H2,15,16,21)/t8-,10?,11?,13?/m1/s1. The lowest BCUT2D eigenvalue weighted by Crippen LogP contribution is -2.48. The summed E-state index contributed by atoms with van der Waals surface area (Å²) in [7, 11) is 0. The summed E-state index contributed by atoms with van der Waals surface area (Å²) in [6, 6.07) is 3.20. The minimum atomic E-state index is -1.69. The Morgan fingerprint density at radius 2 is 2.36 bits per heavy atom. The van der Waals surface area contributed by atoms with Crippen LogP contribution in [0.3, 0.4) is 0 Å². The van der Waals surface area contributed by atoms with Gasteiger partial charge in [-0.25, -0.2) is 4.79 Å². The molecule has 9 heteroatoms. The first-order valence-corrected chi connectivity index (χ1v) is 6.58. The number of aromatic nitrogens is 2. The van der Waals surface area contributed by atoms with Crippen molar-refractivity contribution in [1.82, 2.24) is 9.55 Å². The van der Waals surface area contributed by atoms with Crippen LogP contribution in [0.4, 0.5) is 5.82 Å². The van der Waals surface area contributed by atoms with Gasteiger partial charge < -0.3 is 20.7 Å². The molecule has 1 aromatic rings. The van der Waals surface area contributed by atoms with Gasteiger partial charge >= 0.3 is 11.7 Å². The Hall–Kier alpha value is -2.44. The number of nitrogen functional groups attached to an aromatic ring is 1. The maximum Gasteiger partial charge on any atom is 0.350 e. The number of anilines is 1. The monoisotopic (exact) mass is 308 g/mol. The van der Waals surface area contributed by atoms with E-state index in [0.717, 1.165) is 4.57 Å². The highest BCUT2D eigenvalue weighted by Gasteiger charge is 2.55. The SMILES string of the molecule is CC(=O)OC[C@H]1CC(C#N)(n2ccc(N)nc2=O)C(O)C1O. The van der Waals surface area contributed by atoms with Gasteiger partial charge in [0.2, 0.25) is 0 Å². The van der Waals surface area contributed by atoms with Gasteiger partial charge in [0.25, 0.3) is 0 Å². The van der Waals surface area contributed by atoms with Crippen LogP contribution in [0.5, 0.6) is 0 Å². The average Bonchev–Trinajstić information content (AvgIpc) is 2.70. The van der Waals surface area contributed by atoms with E-state index in [2.05, 4.69) is 4.98 Å². The molecular formula is C13H16N4O5. The molecule has 0 saturated heterocycles. The van der Waals surface area contributed by atoms with Crippen LogP contribution < -0.4 is 11.4 Å². The zero-order valence-corrected chi connectivity index (χ0v) is 11.8. The van der Waals surface area contributed by atoms with Crippen LogP contribution in [0, 0.1) is 17.2 Å². The molecule has 0 radical (unpaired) electrons. The van der Waals surface area contributed by atoms with E-state index in [1.54, 1.807) is 0 Å². The minimum Gasteiger partial charge on any atom is -0.465 e. The first kappa shape index (κ1) is 15.9. The fraction of sp³-hybridized carbons (Fsp3) is 0.538. The van der Waals surface area contributed by atoms with Gasteiger partial charge in [-0.05, 0) is 12.5 Å². The quantitative estimate of drug-likeness (QED) is 0.562. The maximum atomic E-state index is 12.0. The normalized spacial score (nSPS) is 30.7. The summed E-state index contributed by atoms with van der Waals surface area (Å²) in [6.45, 7) is 1.05. The Kier molecular flexibility index (Phi) is 4.16. The summed E-state index contributed by atoms with van der Waals surface area (Å²) in [5, 5.41) is 29.8. The minimum absolute atomic E-state index is 0.0150. The van der Waals surface area contributed by atoms with Crippen molar-refractivity contribution in [2.24, 2.45) is 5.92 Å². The highest BCUT2D eigenvalue weighted by Crippen LogP contribution is 2.40. The topological polar surface area (TPSA) is 151 Å². The van der Waals surface area contributed by atoms with Gasteiger partial charge in [-0.1, -0.05) is 0 Å². The summed E-state index contributed by atoms with van der Waals surface area (Å²) in [4.78, 5) is 26.4. The Morgan fingerprint density at radius 1 is 1.68 bits per heavy atom. The molecular weight excluding hydrogens is 292 g/mol. The van der Waals surface area contributed by atoms with Crippen molar-refractivity contribution in [3.8, 4) is 6.07 Å². The molecule has 4 atom stereocenters. The number of ether oxygens (including phenoxy) is 1. The van der Waals surface area contributed by atoms with Crippen molar-refractivity contribution < 1.29 is 19.7 Å². The molecule has 0 aromatic carbocycles. The van der Waals surface area contributed by atoms with Gasteiger partial charge in [-0.15, -0.1) is 0 Å². The van der Waals surface area contributed by atoms with E-state index in [4.69, 9.17) is 10.5 Å². The molecule has 1 fully saturated rings. The van der Waals surface area contributed by atoms with E-state index in [1.165, 1.54) is 19.2 Å². The smallest absolute Gasteiger partial charge is 0.350 e. The largest absolute Gasteiger partial charge is 0.465 e. The third-order valence-corrected chi connectivity index (χ3v) is 3.82. The van der Waals surface area contributed by atoms with Gasteiger partial charge in [0.05, 0.1) is 18.8 Å². The van der Waals surface area contributed by atoms with E-state index in [1.807, 2.05) is 6.07 Å². The van der Waals surface area contributed by atoms with Crippen LogP contribution in [-0.4, -0.2) is 44.5 Å². The second kappa shape index (κ2) is 5.75. The zero-order valence-electron chi connectivity index (χ0n) is 11.8. The highest BCUT2D eigenvalue weighted by molar-refractivity contribution is 5.65. The number of carbonyl (C=O) groups is 1. The fourth-order valence-electron chi connectivity index (χ4n) is 2.69. The number of esters is 1. The van der Waals surface area contributed by atoms with Crippen molar-refractivity contribution in [2.45, 2.75) is 31.1 Å². The van der Waals surface area contributed by atoms with E-state index in [-0.39, 0.29) is 18.8 Å². The molecule has 0 spiro atoms.